The SMILES string of the molecule is CN(C)C1=CC(C2CC2(F)F)NN1CCC(C=O)NC(=O)c1ncn(Cc2ccc(F)cc2)n1. The van der Waals surface area contributed by atoms with E-state index in [2.05, 4.69) is 20.8 Å². The lowest BCUT2D eigenvalue weighted by Crippen LogP contribution is -2.45. The van der Waals surface area contributed by atoms with Crippen LogP contribution in [-0.4, -0.2) is 75.5 Å². The topological polar surface area (TPSA) is 95.4 Å². The number of carbonyl (C=O) groups excluding carboxylic acids is 2. The number of benzene rings is 1. The van der Waals surface area contributed by atoms with Crippen molar-refractivity contribution in [2.24, 2.45) is 5.92 Å². The molecule has 0 spiro atoms. The molecule has 1 aliphatic heterocycles. The molecule has 0 saturated heterocycles. The lowest BCUT2D eigenvalue weighted by molar-refractivity contribution is -0.109. The van der Waals surface area contributed by atoms with Crippen molar-refractivity contribution >= 4 is 12.2 Å². The van der Waals surface area contributed by atoms with E-state index in [9.17, 15) is 22.8 Å². The number of rotatable bonds is 10. The molecule has 1 aromatic heterocycles. The normalized spacial score (nSPS) is 21.7. The van der Waals surface area contributed by atoms with E-state index in [1.807, 2.05) is 0 Å². The molecule has 2 N–H and O–H groups in total. The number of amides is 1. The molecule has 1 amide bonds. The molecule has 4 rings (SSSR count). The second-order valence-electron chi connectivity index (χ2n) is 8.69. The maximum atomic E-state index is 13.5. The van der Waals surface area contributed by atoms with Gasteiger partial charge in [-0.15, -0.1) is 5.10 Å². The third-order valence-corrected chi connectivity index (χ3v) is 5.82. The first-order valence-electron chi connectivity index (χ1n) is 10.9. The van der Waals surface area contributed by atoms with Crippen molar-refractivity contribution in [2.45, 2.75) is 37.4 Å². The maximum absolute atomic E-state index is 13.5. The van der Waals surface area contributed by atoms with Gasteiger partial charge in [-0.05, 0) is 30.2 Å². The van der Waals surface area contributed by atoms with Crippen LogP contribution >= 0.6 is 0 Å². The zero-order valence-electron chi connectivity index (χ0n) is 18.8. The van der Waals surface area contributed by atoms with Crippen molar-refractivity contribution in [3.8, 4) is 0 Å². The molecule has 182 valence electrons. The lowest BCUT2D eigenvalue weighted by atomic mass is 10.2. The Bertz CT molecular complexity index is 1070. The average molecular weight is 477 g/mol. The van der Waals surface area contributed by atoms with Gasteiger partial charge in [0.1, 0.15) is 24.3 Å². The highest BCUT2D eigenvalue weighted by Crippen LogP contribution is 2.51. The minimum atomic E-state index is -2.66. The third-order valence-electron chi connectivity index (χ3n) is 5.82. The molecule has 1 saturated carbocycles. The van der Waals surface area contributed by atoms with Crippen molar-refractivity contribution in [1.82, 2.24) is 35.4 Å². The number of hydrazine groups is 1. The number of nitrogens with zero attached hydrogens (tertiary/aromatic N) is 5. The molecule has 3 unspecified atom stereocenters. The summed E-state index contributed by atoms with van der Waals surface area (Å²) in [4.78, 5) is 29.9. The van der Waals surface area contributed by atoms with Crippen molar-refractivity contribution in [3.63, 3.8) is 0 Å². The van der Waals surface area contributed by atoms with Crippen LogP contribution in [0.15, 0.2) is 42.5 Å². The number of hydrogen-bond acceptors (Lipinski definition) is 7. The summed E-state index contributed by atoms with van der Waals surface area (Å²) in [5.74, 6) is -3.73. The van der Waals surface area contributed by atoms with Crippen molar-refractivity contribution in [2.75, 3.05) is 20.6 Å². The first-order valence-corrected chi connectivity index (χ1v) is 10.9. The Hall–Kier alpha value is -3.41. The summed E-state index contributed by atoms with van der Waals surface area (Å²) in [5, 5.41) is 8.42. The quantitative estimate of drug-likeness (QED) is 0.500. The van der Waals surface area contributed by atoms with E-state index in [1.54, 1.807) is 42.2 Å². The molecule has 2 aliphatic rings. The van der Waals surface area contributed by atoms with Crippen LogP contribution in [0.3, 0.4) is 0 Å². The van der Waals surface area contributed by atoms with Crippen LogP contribution in [-0.2, 0) is 11.3 Å². The zero-order valence-corrected chi connectivity index (χ0v) is 18.8. The Balaban J connectivity index is 1.31. The van der Waals surface area contributed by atoms with Crippen LogP contribution in [0.5, 0.6) is 0 Å². The maximum Gasteiger partial charge on any atom is 0.291 e. The van der Waals surface area contributed by atoms with Gasteiger partial charge in [0.05, 0.1) is 18.6 Å². The summed E-state index contributed by atoms with van der Waals surface area (Å²) < 4.78 is 41.5. The molecule has 1 aliphatic carbocycles. The van der Waals surface area contributed by atoms with E-state index in [-0.39, 0.29) is 24.5 Å². The number of aromatic nitrogens is 3. The second kappa shape index (κ2) is 9.45. The average Bonchev–Trinajstić information content (AvgIpc) is 3.15. The van der Waals surface area contributed by atoms with E-state index < -0.39 is 29.8 Å². The highest BCUT2D eigenvalue weighted by molar-refractivity contribution is 5.92. The molecule has 1 aromatic carbocycles. The summed E-state index contributed by atoms with van der Waals surface area (Å²) in [5.41, 5.74) is 3.86. The highest BCUT2D eigenvalue weighted by Gasteiger charge is 2.61. The third kappa shape index (κ3) is 5.38. The molecule has 2 aromatic rings. The Morgan fingerprint density at radius 1 is 1.35 bits per heavy atom. The van der Waals surface area contributed by atoms with Crippen LogP contribution in [0, 0.1) is 11.7 Å². The van der Waals surface area contributed by atoms with Crippen LogP contribution in [0.1, 0.15) is 29.0 Å². The van der Waals surface area contributed by atoms with Gasteiger partial charge in [0, 0.05) is 33.0 Å². The molecule has 2 heterocycles. The first kappa shape index (κ1) is 23.7. The smallest absolute Gasteiger partial charge is 0.291 e. The molecule has 1 fully saturated rings. The fourth-order valence-electron chi connectivity index (χ4n) is 3.86. The molecule has 12 heteroatoms. The predicted molar refractivity (Wildman–Crippen MR) is 116 cm³/mol. The summed E-state index contributed by atoms with van der Waals surface area (Å²) in [7, 11) is 3.61. The molecule has 3 atom stereocenters. The first-order chi connectivity index (χ1) is 16.2. The van der Waals surface area contributed by atoms with E-state index in [1.165, 1.54) is 23.1 Å². The molecule has 34 heavy (non-hydrogen) atoms. The van der Waals surface area contributed by atoms with Gasteiger partial charge in [0.25, 0.3) is 11.8 Å². The van der Waals surface area contributed by atoms with Crippen LogP contribution in [0.4, 0.5) is 13.2 Å². The van der Waals surface area contributed by atoms with Crippen LogP contribution in [0.25, 0.3) is 0 Å². The van der Waals surface area contributed by atoms with E-state index >= 15 is 0 Å². The number of aldehydes is 1. The molecular formula is C22H26F3N7O2. The monoisotopic (exact) mass is 477 g/mol. The minimum absolute atomic E-state index is 0.0989. The van der Waals surface area contributed by atoms with Crippen molar-refractivity contribution in [3.05, 3.63) is 59.7 Å². The fourth-order valence-corrected chi connectivity index (χ4v) is 3.86. The number of carbonyl (C=O) groups is 2. The Labute approximate surface area is 194 Å². The summed E-state index contributed by atoms with van der Waals surface area (Å²) in [6, 6.07) is 4.58. The fraction of sp³-hybridized carbons (Fsp3) is 0.455. The summed E-state index contributed by atoms with van der Waals surface area (Å²) >= 11 is 0. The molecule has 9 nitrogen and oxygen atoms in total. The van der Waals surface area contributed by atoms with E-state index in [0.717, 1.165) is 11.4 Å². The van der Waals surface area contributed by atoms with Gasteiger partial charge >= 0.3 is 0 Å². The zero-order chi connectivity index (χ0) is 24.5. The number of halogens is 3. The van der Waals surface area contributed by atoms with Crippen LogP contribution < -0.4 is 10.7 Å². The molecular weight excluding hydrogens is 451 g/mol. The van der Waals surface area contributed by atoms with E-state index in [0.29, 0.717) is 19.4 Å². The largest absolute Gasteiger partial charge is 0.364 e. The van der Waals surface area contributed by atoms with Crippen molar-refractivity contribution in [1.29, 1.82) is 0 Å². The Morgan fingerprint density at radius 2 is 2.06 bits per heavy atom. The van der Waals surface area contributed by atoms with Gasteiger partial charge < -0.3 is 15.0 Å². The molecule has 0 bridgehead atoms. The summed E-state index contributed by atoms with van der Waals surface area (Å²) in [6.45, 7) is 0.619. The van der Waals surface area contributed by atoms with Gasteiger partial charge in [-0.1, -0.05) is 12.1 Å². The molecule has 0 radical (unpaired) electrons. The Morgan fingerprint density at radius 3 is 2.68 bits per heavy atom. The van der Waals surface area contributed by atoms with E-state index in [4.69, 9.17) is 0 Å². The van der Waals surface area contributed by atoms with Gasteiger partial charge in [-0.25, -0.2) is 28.3 Å². The van der Waals surface area contributed by atoms with Crippen molar-refractivity contribution < 1.29 is 22.8 Å². The minimum Gasteiger partial charge on any atom is -0.364 e. The second-order valence-corrected chi connectivity index (χ2v) is 8.69. The van der Waals surface area contributed by atoms with Gasteiger partial charge in [0.15, 0.2) is 0 Å². The number of alkyl halides is 2. The summed E-state index contributed by atoms with van der Waals surface area (Å²) in [6.07, 6.45) is 3.86. The highest BCUT2D eigenvalue weighted by atomic mass is 19.3. The van der Waals surface area contributed by atoms with Gasteiger partial charge in [-0.3, -0.25) is 9.80 Å². The number of hydrogen-bond donors (Lipinski definition) is 2. The Kier molecular flexibility index (Phi) is 6.60. The predicted octanol–water partition coefficient (Wildman–Crippen LogP) is 1.40. The lowest BCUT2D eigenvalue weighted by Gasteiger charge is -2.28. The van der Waals surface area contributed by atoms with Crippen LogP contribution in [0.2, 0.25) is 0 Å². The standard InChI is InChI=1S/C22H26F3N7O2/c1-30(2)19-9-18(17-10-22(17,24)25)28-32(19)8-7-16(12-33)27-21(34)20-26-13-31(29-20)11-14-3-5-15(23)6-4-14/h3-6,9,12-13,16-18,28H,7-8,10-11H2,1-2H3,(H,27,34). The van der Waals surface area contributed by atoms with Gasteiger partial charge in [0.2, 0.25) is 5.82 Å². The number of nitrogens with one attached hydrogen (secondary N) is 2. The van der Waals surface area contributed by atoms with Gasteiger partial charge in [-0.2, -0.15) is 0 Å².